The summed E-state index contributed by atoms with van der Waals surface area (Å²) in [6.07, 6.45) is 2.66. The van der Waals surface area contributed by atoms with Crippen LogP contribution in [-0.2, 0) is 17.3 Å². The van der Waals surface area contributed by atoms with Crippen molar-refractivity contribution in [1.29, 1.82) is 0 Å². The SMILES string of the molecule is COc1ccc(CNCCCS(C)=O)cc1OC. The second-order valence-electron chi connectivity index (χ2n) is 4.00. The molecule has 0 radical (unpaired) electrons. The van der Waals surface area contributed by atoms with Crippen LogP contribution in [0.5, 0.6) is 11.5 Å². The van der Waals surface area contributed by atoms with Crippen LogP contribution in [0.1, 0.15) is 12.0 Å². The van der Waals surface area contributed by atoms with E-state index in [0.29, 0.717) is 0 Å². The van der Waals surface area contributed by atoms with E-state index in [0.717, 1.165) is 42.3 Å². The molecular formula is C13H21NO3S. The molecule has 5 heteroatoms. The summed E-state index contributed by atoms with van der Waals surface area (Å²) in [5.74, 6) is 2.23. The van der Waals surface area contributed by atoms with Gasteiger partial charge < -0.3 is 14.8 Å². The van der Waals surface area contributed by atoms with Gasteiger partial charge in [-0.3, -0.25) is 4.21 Å². The van der Waals surface area contributed by atoms with Gasteiger partial charge in [0.15, 0.2) is 11.5 Å². The van der Waals surface area contributed by atoms with Crippen molar-refractivity contribution in [2.24, 2.45) is 0 Å². The fourth-order valence-electron chi connectivity index (χ4n) is 1.62. The van der Waals surface area contributed by atoms with Gasteiger partial charge >= 0.3 is 0 Å². The summed E-state index contributed by atoms with van der Waals surface area (Å²) in [6.45, 7) is 1.64. The van der Waals surface area contributed by atoms with Crippen LogP contribution in [-0.4, -0.2) is 37.0 Å². The highest BCUT2D eigenvalue weighted by Crippen LogP contribution is 2.27. The van der Waals surface area contributed by atoms with Crippen LogP contribution in [0.25, 0.3) is 0 Å². The predicted molar refractivity (Wildman–Crippen MR) is 74.8 cm³/mol. The Balaban J connectivity index is 2.40. The number of rotatable bonds is 8. The van der Waals surface area contributed by atoms with Crippen LogP contribution < -0.4 is 14.8 Å². The van der Waals surface area contributed by atoms with Gasteiger partial charge in [-0.05, 0) is 30.7 Å². The van der Waals surface area contributed by atoms with Crippen molar-refractivity contribution in [2.45, 2.75) is 13.0 Å². The summed E-state index contributed by atoms with van der Waals surface area (Å²) in [7, 11) is 2.56. The smallest absolute Gasteiger partial charge is 0.161 e. The molecule has 1 rings (SSSR count). The van der Waals surface area contributed by atoms with Crippen molar-refractivity contribution in [3.05, 3.63) is 23.8 Å². The van der Waals surface area contributed by atoms with E-state index in [9.17, 15) is 4.21 Å². The first kappa shape index (κ1) is 15.0. The van der Waals surface area contributed by atoms with E-state index in [-0.39, 0.29) is 0 Å². The fourth-order valence-corrected chi connectivity index (χ4v) is 2.17. The minimum atomic E-state index is -0.700. The molecule has 0 amide bonds. The molecule has 1 unspecified atom stereocenters. The molecule has 0 aliphatic heterocycles. The van der Waals surface area contributed by atoms with E-state index in [4.69, 9.17) is 9.47 Å². The zero-order valence-electron chi connectivity index (χ0n) is 11.2. The van der Waals surface area contributed by atoms with Crippen LogP contribution in [0.4, 0.5) is 0 Å². The topological polar surface area (TPSA) is 47.6 Å². The molecule has 0 saturated heterocycles. The first-order chi connectivity index (χ1) is 8.67. The van der Waals surface area contributed by atoms with Crippen LogP contribution in [0.3, 0.4) is 0 Å². The molecule has 0 aliphatic rings. The molecule has 0 heterocycles. The van der Waals surface area contributed by atoms with E-state index in [2.05, 4.69) is 5.32 Å². The van der Waals surface area contributed by atoms with Gasteiger partial charge in [0, 0.05) is 29.4 Å². The lowest BCUT2D eigenvalue weighted by Gasteiger charge is -2.10. The lowest BCUT2D eigenvalue weighted by atomic mass is 10.2. The van der Waals surface area contributed by atoms with E-state index in [1.807, 2.05) is 18.2 Å². The van der Waals surface area contributed by atoms with E-state index in [1.54, 1.807) is 20.5 Å². The van der Waals surface area contributed by atoms with Crippen molar-refractivity contribution in [1.82, 2.24) is 5.32 Å². The van der Waals surface area contributed by atoms with E-state index in [1.165, 1.54) is 0 Å². The normalized spacial score (nSPS) is 12.2. The molecule has 1 N–H and O–H groups in total. The zero-order chi connectivity index (χ0) is 13.4. The van der Waals surface area contributed by atoms with Crippen molar-refractivity contribution in [2.75, 3.05) is 32.8 Å². The minimum absolute atomic E-state index is 0.700. The summed E-state index contributed by atoms with van der Waals surface area (Å²) in [6, 6.07) is 5.87. The average Bonchev–Trinajstić information content (AvgIpc) is 2.37. The highest BCUT2D eigenvalue weighted by molar-refractivity contribution is 7.84. The molecule has 1 aromatic carbocycles. The number of benzene rings is 1. The van der Waals surface area contributed by atoms with Gasteiger partial charge in [-0.1, -0.05) is 6.07 Å². The third kappa shape index (κ3) is 5.06. The van der Waals surface area contributed by atoms with Gasteiger partial charge in [0.2, 0.25) is 0 Å². The molecule has 18 heavy (non-hydrogen) atoms. The van der Waals surface area contributed by atoms with Crippen LogP contribution >= 0.6 is 0 Å². The average molecular weight is 271 g/mol. The number of hydrogen-bond acceptors (Lipinski definition) is 4. The summed E-state index contributed by atoms with van der Waals surface area (Å²) in [4.78, 5) is 0. The summed E-state index contributed by atoms with van der Waals surface area (Å²) in [5.41, 5.74) is 1.14. The second kappa shape index (κ2) is 8.11. The minimum Gasteiger partial charge on any atom is -0.493 e. The Labute approximate surface area is 111 Å². The fraction of sp³-hybridized carbons (Fsp3) is 0.538. The van der Waals surface area contributed by atoms with Crippen LogP contribution in [0, 0.1) is 0 Å². The molecular weight excluding hydrogens is 250 g/mol. The van der Waals surface area contributed by atoms with Crippen LogP contribution in [0.2, 0.25) is 0 Å². The largest absolute Gasteiger partial charge is 0.493 e. The maximum atomic E-state index is 10.9. The molecule has 0 saturated carbocycles. The van der Waals surface area contributed by atoms with E-state index >= 15 is 0 Å². The van der Waals surface area contributed by atoms with Gasteiger partial charge in [-0.2, -0.15) is 0 Å². The van der Waals surface area contributed by atoms with Gasteiger partial charge in [0.25, 0.3) is 0 Å². The molecule has 0 spiro atoms. The molecule has 0 aliphatic carbocycles. The number of nitrogens with one attached hydrogen (secondary N) is 1. The maximum Gasteiger partial charge on any atom is 0.161 e. The quantitative estimate of drug-likeness (QED) is 0.729. The van der Waals surface area contributed by atoms with Crippen LogP contribution in [0.15, 0.2) is 18.2 Å². The number of ether oxygens (including phenoxy) is 2. The van der Waals surface area contributed by atoms with Gasteiger partial charge in [0.1, 0.15) is 0 Å². The maximum absolute atomic E-state index is 10.9. The van der Waals surface area contributed by atoms with Crippen molar-refractivity contribution in [3.8, 4) is 11.5 Å². The Morgan fingerprint density at radius 2 is 1.94 bits per heavy atom. The molecule has 0 aromatic heterocycles. The highest BCUT2D eigenvalue weighted by atomic mass is 32.2. The van der Waals surface area contributed by atoms with Crippen molar-refractivity contribution >= 4 is 10.8 Å². The van der Waals surface area contributed by atoms with Crippen molar-refractivity contribution < 1.29 is 13.7 Å². The Kier molecular flexibility index (Phi) is 6.75. The number of hydrogen-bond donors (Lipinski definition) is 1. The monoisotopic (exact) mass is 271 g/mol. The third-order valence-electron chi connectivity index (χ3n) is 2.56. The second-order valence-corrected chi connectivity index (χ2v) is 5.55. The molecule has 0 bridgehead atoms. The van der Waals surface area contributed by atoms with Gasteiger partial charge in [-0.15, -0.1) is 0 Å². The van der Waals surface area contributed by atoms with Gasteiger partial charge in [-0.25, -0.2) is 0 Å². The Hall–Kier alpha value is -1.07. The Morgan fingerprint density at radius 3 is 2.56 bits per heavy atom. The zero-order valence-corrected chi connectivity index (χ0v) is 12.0. The number of methoxy groups -OCH3 is 2. The standard InChI is InChI=1S/C13H21NO3S/c1-16-12-6-5-11(9-13(12)17-2)10-14-7-4-8-18(3)15/h5-6,9,14H,4,7-8,10H2,1-3H3. The lowest BCUT2D eigenvalue weighted by molar-refractivity contribution is 0.354. The first-order valence-corrected chi connectivity index (χ1v) is 7.61. The lowest BCUT2D eigenvalue weighted by Crippen LogP contribution is -2.16. The van der Waals surface area contributed by atoms with E-state index < -0.39 is 10.8 Å². The molecule has 0 fully saturated rings. The van der Waals surface area contributed by atoms with Gasteiger partial charge in [0.05, 0.1) is 14.2 Å². The molecule has 1 aromatic rings. The Bertz CT molecular complexity index is 396. The third-order valence-corrected chi connectivity index (χ3v) is 3.43. The summed E-state index contributed by atoms with van der Waals surface area (Å²) < 4.78 is 21.3. The first-order valence-electron chi connectivity index (χ1n) is 5.89. The van der Waals surface area contributed by atoms with Crippen molar-refractivity contribution in [3.63, 3.8) is 0 Å². The highest BCUT2D eigenvalue weighted by Gasteiger charge is 2.03. The molecule has 4 nitrogen and oxygen atoms in total. The molecule has 102 valence electrons. The summed E-state index contributed by atoms with van der Waals surface area (Å²) >= 11 is 0. The Morgan fingerprint density at radius 1 is 1.22 bits per heavy atom. The molecule has 1 atom stereocenters. The summed E-state index contributed by atoms with van der Waals surface area (Å²) in [5, 5.41) is 3.32. The predicted octanol–water partition coefficient (Wildman–Crippen LogP) is 1.56.